The van der Waals surface area contributed by atoms with Crippen molar-refractivity contribution in [3.8, 4) is 10.6 Å². The van der Waals surface area contributed by atoms with Crippen molar-refractivity contribution >= 4 is 63.8 Å². The van der Waals surface area contributed by atoms with Crippen LogP contribution in [-0.2, 0) is 11.2 Å². The van der Waals surface area contributed by atoms with Gasteiger partial charge < -0.3 is 5.32 Å². The molecule has 0 saturated carbocycles. The summed E-state index contributed by atoms with van der Waals surface area (Å²) < 4.78 is 1.04. The van der Waals surface area contributed by atoms with Crippen molar-refractivity contribution in [1.82, 2.24) is 9.97 Å². The number of ketones is 1. The minimum absolute atomic E-state index is 0.0724. The molecule has 3 aromatic rings. The number of hydrogen-bond donors (Lipinski definition) is 1. The van der Waals surface area contributed by atoms with Gasteiger partial charge in [0, 0.05) is 18.2 Å². The number of rotatable bonds is 6. The third kappa shape index (κ3) is 5.03. The van der Waals surface area contributed by atoms with Crippen LogP contribution in [-0.4, -0.2) is 33.7 Å². The third-order valence-corrected chi connectivity index (χ3v) is 8.64. The summed E-state index contributed by atoms with van der Waals surface area (Å²) >= 11 is 10.6. The van der Waals surface area contributed by atoms with Crippen LogP contribution in [0, 0.1) is 5.41 Å². The molecule has 1 N–H and O–H groups in total. The summed E-state index contributed by atoms with van der Waals surface area (Å²) in [7, 11) is 0. The predicted molar refractivity (Wildman–Crippen MR) is 134 cm³/mol. The van der Waals surface area contributed by atoms with E-state index in [1.54, 1.807) is 41.4 Å². The van der Waals surface area contributed by atoms with Crippen LogP contribution in [0.25, 0.3) is 10.6 Å². The minimum atomic E-state index is -0.178. The lowest BCUT2D eigenvalue weighted by Gasteiger charge is -2.29. The second-order valence-electron chi connectivity index (χ2n) is 8.26. The second kappa shape index (κ2) is 9.55. The van der Waals surface area contributed by atoms with Crippen molar-refractivity contribution in [3.05, 3.63) is 52.7 Å². The van der Waals surface area contributed by atoms with Gasteiger partial charge in [0.05, 0.1) is 31.2 Å². The van der Waals surface area contributed by atoms with E-state index in [2.05, 4.69) is 24.1 Å². The Kier molecular flexibility index (Phi) is 6.95. The number of carbonyl (C=O) groups is 2. The van der Waals surface area contributed by atoms with Crippen LogP contribution in [0.3, 0.4) is 0 Å². The van der Waals surface area contributed by atoms with E-state index in [1.165, 1.54) is 11.8 Å². The Hall–Kier alpha value is -1.87. The maximum atomic E-state index is 12.8. The first kappa shape index (κ1) is 23.3. The summed E-state index contributed by atoms with van der Waals surface area (Å²) in [5.74, 6) is 0.198. The standard InChI is InChI=1S/C23H22ClN3O2S3/c1-23(2)10-13-19(17(28)11-23)21(30-3)32-20(13)16-8-9-25-22(27-16)31-12-18(29)26-15-7-5-4-6-14(15)24/h4-9H,10-12H2,1-3H3,(H,26,29). The Morgan fingerprint density at radius 2 is 2.03 bits per heavy atom. The summed E-state index contributed by atoms with van der Waals surface area (Å²) in [4.78, 5) is 35.2. The van der Waals surface area contributed by atoms with Crippen LogP contribution in [0.5, 0.6) is 0 Å². The van der Waals surface area contributed by atoms with Gasteiger partial charge in [-0.25, -0.2) is 9.97 Å². The fraction of sp³-hybridized carbons (Fsp3) is 0.304. The van der Waals surface area contributed by atoms with E-state index in [1.807, 2.05) is 24.5 Å². The molecule has 0 aliphatic heterocycles. The number of thiophene rings is 1. The zero-order valence-corrected chi connectivity index (χ0v) is 21.1. The molecular weight excluding hydrogens is 482 g/mol. The number of carbonyl (C=O) groups excluding carboxylic acids is 2. The number of hydrogen-bond acceptors (Lipinski definition) is 7. The SMILES string of the molecule is CSc1sc(-c2ccnc(SCC(=O)Nc3ccccc3Cl)n2)c2c1C(=O)CC(C)(C)C2. The number of thioether (sulfide) groups is 2. The van der Waals surface area contributed by atoms with E-state index in [0.717, 1.165) is 32.3 Å². The van der Waals surface area contributed by atoms with E-state index >= 15 is 0 Å². The molecule has 2 aromatic heterocycles. The Morgan fingerprint density at radius 3 is 2.78 bits per heavy atom. The highest BCUT2D eigenvalue weighted by Gasteiger charge is 2.36. The normalized spacial score (nSPS) is 14.8. The van der Waals surface area contributed by atoms with Gasteiger partial charge in [-0.1, -0.05) is 49.3 Å². The molecule has 0 bridgehead atoms. The molecule has 1 aliphatic carbocycles. The molecule has 0 atom stereocenters. The first-order chi connectivity index (χ1) is 15.3. The largest absolute Gasteiger partial charge is 0.324 e. The van der Waals surface area contributed by atoms with Gasteiger partial charge in [0.25, 0.3) is 0 Å². The van der Waals surface area contributed by atoms with Crippen LogP contribution < -0.4 is 5.32 Å². The predicted octanol–water partition coefficient (Wildman–Crippen LogP) is 6.47. The smallest absolute Gasteiger partial charge is 0.234 e. The number of para-hydroxylation sites is 1. The maximum Gasteiger partial charge on any atom is 0.234 e. The highest BCUT2D eigenvalue weighted by Crippen LogP contribution is 2.47. The topological polar surface area (TPSA) is 72.0 Å². The van der Waals surface area contributed by atoms with E-state index in [9.17, 15) is 9.59 Å². The quantitative estimate of drug-likeness (QED) is 0.307. The van der Waals surface area contributed by atoms with Gasteiger partial charge in [0.15, 0.2) is 10.9 Å². The minimum Gasteiger partial charge on any atom is -0.324 e. The molecule has 4 rings (SSSR count). The fourth-order valence-electron chi connectivity index (χ4n) is 3.72. The first-order valence-corrected chi connectivity index (χ1v) is 13.4. The molecule has 0 spiro atoms. The van der Waals surface area contributed by atoms with Crippen molar-refractivity contribution in [2.45, 2.75) is 36.1 Å². The highest BCUT2D eigenvalue weighted by atomic mass is 35.5. The monoisotopic (exact) mass is 503 g/mol. The Labute approximate surface area is 204 Å². The number of Topliss-reactive ketones (excluding diaryl/α,β-unsaturated/α-hetero) is 1. The Morgan fingerprint density at radius 1 is 1.25 bits per heavy atom. The third-order valence-electron chi connectivity index (χ3n) is 5.08. The van der Waals surface area contributed by atoms with Crippen LogP contribution in [0.2, 0.25) is 5.02 Å². The van der Waals surface area contributed by atoms with Gasteiger partial charge in [-0.2, -0.15) is 0 Å². The molecule has 5 nitrogen and oxygen atoms in total. The zero-order chi connectivity index (χ0) is 22.9. The molecule has 1 aliphatic rings. The average molecular weight is 504 g/mol. The molecule has 0 fully saturated rings. The van der Waals surface area contributed by atoms with E-state index in [-0.39, 0.29) is 22.9 Å². The summed E-state index contributed by atoms with van der Waals surface area (Å²) in [5.41, 5.74) is 3.25. The maximum absolute atomic E-state index is 12.8. The summed E-state index contributed by atoms with van der Waals surface area (Å²) in [5, 5.41) is 3.82. The van der Waals surface area contributed by atoms with E-state index in [0.29, 0.717) is 22.3 Å². The van der Waals surface area contributed by atoms with Crippen LogP contribution >= 0.6 is 46.5 Å². The summed E-state index contributed by atoms with van der Waals surface area (Å²) in [6, 6.07) is 8.99. The number of amides is 1. The molecule has 1 amide bonds. The Balaban J connectivity index is 1.54. The number of anilines is 1. The van der Waals surface area contributed by atoms with Crippen molar-refractivity contribution in [2.24, 2.45) is 5.41 Å². The van der Waals surface area contributed by atoms with E-state index < -0.39 is 0 Å². The van der Waals surface area contributed by atoms with Crippen molar-refractivity contribution in [2.75, 3.05) is 17.3 Å². The lowest BCUT2D eigenvalue weighted by molar-refractivity contribution is -0.113. The number of nitrogens with one attached hydrogen (secondary N) is 1. The second-order valence-corrected chi connectivity index (χ2v) is 11.7. The number of fused-ring (bicyclic) bond motifs is 1. The lowest BCUT2D eigenvalue weighted by Crippen LogP contribution is -2.26. The zero-order valence-electron chi connectivity index (χ0n) is 17.9. The summed E-state index contributed by atoms with van der Waals surface area (Å²) in [6.45, 7) is 4.26. The molecule has 0 unspecified atom stereocenters. The van der Waals surface area contributed by atoms with Gasteiger partial charge >= 0.3 is 0 Å². The molecule has 0 radical (unpaired) electrons. The molecule has 166 valence electrons. The summed E-state index contributed by atoms with van der Waals surface area (Å²) in [6.07, 6.45) is 5.11. The lowest BCUT2D eigenvalue weighted by atomic mass is 9.74. The van der Waals surface area contributed by atoms with Crippen molar-refractivity contribution in [1.29, 1.82) is 0 Å². The highest BCUT2D eigenvalue weighted by molar-refractivity contribution is 8.00. The number of aromatic nitrogens is 2. The molecule has 1 aromatic carbocycles. The molecule has 9 heteroatoms. The van der Waals surface area contributed by atoms with Gasteiger partial charge in [-0.15, -0.1) is 23.1 Å². The average Bonchev–Trinajstić information content (AvgIpc) is 3.12. The number of halogens is 1. The molecule has 2 heterocycles. The Bertz CT molecular complexity index is 1190. The van der Waals surface area contributed by atoms with Crippen molar-refractivity contribution < 1.29 is 9.59 Å². The molecular formula is C23H22ClN3O2S3. The first-order valence-electron chi connectivity index (χ1n) is 10.0. The van der Waals surface area contributed by atoms with Gasteiger partial charge in [-0.05, 0) is 41.9 Å². The van der Waals surface area contributed by atoms with Gasteiger partial charge in [0.2, 0.25) is 5.91 Å². The van der Waals surface area contributed by atoms with Gasteiger partial charge in [0.1, 0.15) is 0 Å². The molecule has 0 saturated heterocycles. The fourth-order valence-corrected chi connectivity index (χ4v) is 6.60. The van der Waals surface area contributed by atoms with Crippen LogP contribution in [0.15, 0.2) is 45.9 Å². The van der Waals surface area contributed by atoms with E-state index in [4.69, 9.17) is 16.6 Å². The van der Waals surface area contributed by atoms with Gasteiger partial charge in [-0.3, -0.25) is 9.59 Å². The number of nitrogens with zero attached hydrogens (tertiary/aromatic N) is 2. The number of benzene rings is 1. The molecule has 32 heavy (non-hydrogen) atoms. The van der Waals surface area contributed by atoms with Crippen LogP contribution in [0.1, 0.15) is 36.2 Å². The van der Waals surface area contributed by atoms with Crippen molar-refractivity contribution in [3.63, 3.8) is 0 Å². The van der Waals surface area contributed by atoms with Crippen LogP contribution in [0.4, 0.5) is 5.69 Å².